The van der Waals surface area contributed by atoms with Gasteiger partial charge in [-0.15, -0.1) is 0 Å². The average Bonchev–Trinajstić information content (AvgIpc) is 2.07. The second-order valence-corrected chi connectivity index (χ2v) is 2.36. The molecule has 0 saturated carbocycles. The first kappa shape index (κ1) is 7.82. The van der Waals surface area contributed by atoms with Crippen molar-refractivity contribution < 1.29 is 0 Å². The Kier molecular flexibility index (Phi) is 2.69. The van der Waals surface area contributed by atoms with Crippen LogP contribution in [-0.2, 0) is 0 Å². The standard InChI is InChI=1S/C9H12N2/c1-8(7-11-10)9-5-3-2-4-6-9/h2-7,11H,10H2,1H3/b8-7+. The Morgan fingerprint density at radius 2 is 2.00 bits per heavy atom. The van der Waals surface area contributed by atoms with Gasteiger partial charge in [0, 0.05) is 6.20 Å². The smallest absolute Gasteiger partial charge is 0.0158 e. The summed E-state index contributed by atoms with van der Waals surface area (Å²) < 4.78 is 0. The highest BCUT2D eigenvalue weighted by atomic mass is 15.2. The lowest BCUT2D eigenvalue weighted by atomic mass is 10.1. The number of nitrogens with two attached hydrogens (primary N) is 1. The molecule has 0 aliphatic heterocycles. The maximum absolute atomic E-state index is 5.14. The van der Waals surface area contributed by atoms with Gasteiger partial charge in [0.05, 0.1) is 0 Å². The second-order valence-electron chi connectivity index (χ2n) is 2.36. The Bertz CT molecular complexity index is 239. The number of nitrogens with one attached hydrogen (secondary N) is 1. The van der Waals surface area contributed by atoms with E-state index in [9.17, 15) is 0 Å². The van der Waals surface area contributed by atoms with E-state index in [1.54, 1.807) is 6.20 Å². The lowest BCUT2D eigenvalue weighted by Crippen LogP contribution is -2.13. The van der Waals surface area contributed by atoms with E-state index in [-0.39, 0.29) is 0 Å². The summed E-state index contributed by atoms with van der Waals surface area (Å²) in [6.07, 6.45) is 1.77. The van der Waals surface area contributed by atoms with Gasteiger partial charge in [-0.3, -0.25) is 5.84 Å². The van der Waals surface area contributed by atoms with Gasteiger partial charge in [-0.1, -0.05) is 30.3 Å². The first-order valence-electron chi connectivity index (χ1n) is 3.53. The van der Waals surface area contributed by atoms with E-state index in [2.05, 4.69) is 5.43 Å². The van der Waals surface area contributed by atoms with Crippen LogP contribution in [0.2, 0.25) is 0 Å². The lowest BCUT2D eigenvalue weighted by Gasteiger charge is -1.99. The molecule has 1 aromatic carbocycles. The number of hydrogen-bond acceptors (Lipinski definition) is 2. The zero-order valence-electron chi connectivity index (χ0n) is 6.54. The Balaban J connectivity index is 2.85. The maximum Gasteiger partial charge on any atom is 0.0158 e. The molecule has 1 aromatic rings. The molecule has 0 heterocycles. The van der Waals surface area contributed by atoms with Gasteiger partial charge in [0.25, 0.3) is 0 Å². The van der Waals surface area contributed by atoms with Gasteiger partial charge < -0.3 is 5.43 Å². The molecular formula is C9H12N2. The zero-order valence-corrected chi connectivity index (χ0v) is 6.54. The molecule has 0 fully saturated rings. The molecule has 2 heteroatoms. The summed E-state index contributed by atoms with van der Waals surface area (Å²) >= 11 is 0. The summed E-state index contributed by atoms with van der Waals surface area (Å²) in [6, 6.07) is 10.1. The van der Waals surface area contributed by atoms with Crippen LogP contribution in [0.1, 0.15) is 12.5 Å². The monoisotopic (exact) mass is 148 g/mol. The Morgan fingerprint density at radius 1 is 1.36 bits per heavy atom. The van der Waals surface area contributed by atoms with Crippen molar-refractivity contribution in [3.63, 3.8) is 0 Å². The number of benzene rings is 1. The molecule has 2 nitrogen and oxygen atoms in total. The van der Waals surface area contributed by atoms with Gasteiger partial charge in [-0.05, 0) is 18.1 Å². The van der Waals surface area contributed by atoms with Crippen molar-refractivity contribution in [2.45, 2.75) is 6.92 Å². The summed E-state index contributed by atoms with van der Waals surface area (Å²) in [5, 5.41) is 0. The minimum Gasteiger partial charge on any atom is -0.331 e. The van der Waals surface area contributed by atoms with Gasteiger partial charge in [0.1, 0.15) is 0 Å². The molecule has 0 saturated heterocycles. The van der Waals surface area contributed by atoms with E-state index in [1.807, 2.05) is 37.3 Å². The second kappa shape index (κ2) is 3.78. The molecule has 0 amide bonds. The van der Waals surface area contributed by atoms with Gasteiger partial charge in [-0.2, -0.15) is 0 Å². The van der Waals surface area contributed by atoms with Crippen LogP contribution >= 0.6 is 0 Å². The number of allylic oxidation sites excluding steroid dienone is 1. The number of hydrogen-bond donors (Lipinski definition) is 2. The normalized spacial score (nSPS) is 11.3. The van der Waals surface area contributed by atoms with Crippen molar-refractivity contribution in [2.75, 3.05) is 0 Å². The number of rotatable bonds is 2. The van der Waals surface area contributed by atoms with Crippen molar-refractivity contribution >= 4 is 5.57 Å². The predicted molar refractivity (Wildman–Crippen MR) is 47.4 cm³/mol. The first-order chi connectivity index (χ1) is 5.34. The summed E-state index contributed by atoms with van der Waals surface area (Å²) in [5.74, 6) is 5.14. The quantitative estimate of drug-likeness (QED) is 0.493. The Labute approximate surface area is 66.7 Å². The van der Waals surface area contributed by atoms with Crippen molar-refractivity contribution in [2.24, 2.45) is 5.84 Å². The third-order valence-electron chi connectivity index (χ3n) is 1.53. The molecule has 0 aliphatic rings. The fourth-order valence-electron chi connectivity index (χ4n) is 0.909. The average molecular weight is 148 g/mol. The van der Waals surface area contributed by atoms with Crippen LogP contribution in [0, 0.1) is 0 Å². The van der Waals surface area contributed by atoms with Crippen molar-refractivity contribution in [1.29, 1.82) is 0 Å². The van der Waals surface area contributed by atoms with E-state index in [4.69, 9.17) is 5.84 Å². The van der Waals surface area contributed by atoms with Crippen LogP contribution in [0.5, 0.6) is 0 Å². The molecule has 58 valence electrons. The van der Waals surface area contributed by atoms with E-state index in [0.29, 0.717) is 0 Å². The molecule has 0 atom stereocenters. The van der Waals surface area contributed by atoms with E-state index in [1.165, 1.54) is 5.56 Å². The van der Waals surface area contributed by atoms with Crippen LogP contribution in [0.4, 0.5) is 0 Å². The molecule has 0 bridgehead atoms. The van der Waals surface area contributed by atoms with Crippen LogP contribution in [0.3, 0.4) is 0 Å². The Morgan fingerprint density at radius 3 is 2.55 bits per heavy atom. The van der Waals surface area contributed by atoms with E-state index >= 15 is 0 Å². The SMILES string of the molecule is C/C(=C\NN)c1ccccc1. The topological polar surface area (TPSA) is 38.0 Å². The fraction of sp³-hybridized carbons (Fsp3) is 0.111. The highest BCUT2D eigenvalue weighted by molar-refractivity contribution is 5.62. The molecule has 1 rings (SSSR count). The van der Waals surface area contributed by atoms with Gasteiger partial charge in [0.2, 0.25) is 0 Å². The predicted octanol–water partition coefficient (Wildman–Crippen LogP) is 1.51. The minimum atomic E-state index is 1.13. The van der Waals surface area contributed by atoms with Gasteiger partial charge >= 0.3 is 0 Å². The van der Waals surface area contributed by atoms with Crippen LogP contribution in [0.15, 0.2) is 36.5 Å². The molecular weight excluding hydrogens is 136 g/mol. The highest BCUT2D eigenvalue weighted by Gasteiger charge is 1.90. The molecule has 0 spiro atoms. The van der Waals surface area contributed by atoms with E-state index in [0.717, 1.165) is 5.57 Å². The molecule has 0 aromatic heterocycles. The highest BCUT2D eigenvalue weighted by Crippen LogP contribution is 2.10. The first-order valence-corrected chi connectivity index (χ1v) is 3.53. The van der Waals surface area contributed by atoms with Crippen molar-refractivity contribution in [1.82, 2.24) is 5.43 Å². The van der Waals surface area contributed by atoms with E-state index < -0.39 is 0 Å². The lowest BCUT2D eigenvalue weighted by molar-refractivity contribution is 0.968. The zero-order chi connectivity index (χ0) is 8.10. The van der Waals surface area contributed by atoms with Gasteiger partial charge in [-0.25, -0.2) is 0 Å². The number of hydrazine groups is 1. The maximum atomic E-state index is 5.14. The van der Waals surface area contributed by atoms with Crippen LogP contribution in [0.25, 0.3) is 5.57 Å². The Hall–Kier alpha value is -1.28. The third kappa shape index (κ3) is 2.09. The van der Waals surface area contributed by atoms with Crippen LogP contribution in [-0.4, -0.2) is 0 Å². The molecule has 11 heavy (non-hydrogen) atoms. The van der Waals surface area contributed by atoms with Crippen molar-refractivity contribution in [3.05, 3.63) is 42.1 Å². The summed E-state index contributed by atoms with van der Waals surface area (Å²) in [5.41, 5.74) is 4.82. The molecule has 0 unspecified atom stereocenters. The summed E-state index contributed by atoms with van der Waals surface area (Å²) in [4.78, 5) is 0. The summed E-state index contributed by atoms with van der Waals surface area (Å²) in [6.45, 7) is 2.01. The van der Waals surface area contributed by atoms with Crippen molar-refractivity contribution in [3.8, 4) is 0 Å². The fourth-order valence-corrected chi connectivity index (χ4v) is 0.909. The molecule has 3 N–H and O–H groups in total. The minimum absolute atomic E-state index is 1.13. The third-order valence-corrected chi connectivity index (χ3v) is 1.53. The summed E-state index contributed by atoms with van der Waals surface area (Å²) in [7, 11) is 0. The molecule has 0 radical (unpaired) electrons. The largest absolute Gasteiger partial charge is 0.331 e. The van der Waals surface area contributed by atoms with Crippen LogP contribution < -0.4 is 11.3 Å². The van der Waals surface area contributed by atoms with Gasteiger partial charge in [0.15, 0.2) is 0 Å². The molecule has 0 aliphatic carbocycles.